The summed E-state index contributed by atoms with van der Waals surface area (Å²) in [5.41, 5.74) is 10.1. The molecule has 0 saturated heterocycles. The highest BCUT2D eigenvalue weighted by Gasteiger charge is 2.21. The smallest absolute Gasteiger partial charge is 0.0460 e. The van der Waals surface area contributed by atoms with Gasteiger partial charge in [0, 0.05) is 26.2 Å². The van der Waals surface area contributed by atoms with E-state index < -0.39 is 0 Å². The van der Waals surface area contributed by atoms with Gasteiger partial charge in [-0.1, -0.05) is 0 Å². The molecule has 3 heteroatoms. The molecule has 0 fully saturated rings. The second kappa shape index (κ2) is 3.49. The highest BCUT2D eigenvalue weighted by atomic mass is 127. The Hall–Kier alpha value is -0.550. The molecule has 0 amide bonds. The van der Waals surface area contributed by atoms with Crippen molar-refractivity contribution in [1.29, 1.82) is 0 Å². The molecule has 15 heavy (non-hydrogen) atoms. The molecule has 0 aliphatic heterocycles. The topological polar surface area (TPSA) is 41.8 Å². The second-order valence-electron chi connectivity index (χ2n) is 4.21. The SMILES string of the molecule is NC1CCCc2c1[nH]c1ccc(I)cc21. The van der Waals surface area contributed by atoms with Crippen molar-refractivity contribution in [3.63, 3.8) is 0 Å². The molecular formula is C12H13IN2. The van der Waals surface area contributed by atoms with E-state index in [1.165, 1.54) is 38.6 Å². The molecule has 2 aromatic rings. The highest BCUT2D eigenvalue weighted by molar-refractivity contribution is 14.1. The Balaban J connectivity index is 2.31. The first-order valence-corrected chi connectivity index (χ1v) is 6.39. The third kappa shape index (κ3) is 1.49. The molecule has 1 aromatic carbocycles. The van der Waals surface area contributed by atoms with Gasteiger partial charge < -0.3 is 10.7 Å². The minimum atomic E-state index is 0.207. The number of rotatable bonds is 0. The van der Waals surface area contributed by atoms with Gasteiger partial charge in [-0.2, -0.15) is 0 Å². The van der Waals surface area contributed by atoms with Crippen molar-refractivity contribution in [3.8, 4) is 0 Å². The first kappa shape index (κ1) is 9.66. The summed E-state index contributed by atoms with van der Waals surface area (Å²) in [6.07, 6.45) is 3.49. The van der Waals surface area contributed by atoms with Crippen molar-refractivity contribution in [3.05, 3.63) is 33.0 Å². The standard InChI is InChI=1S/C12H13IN2/c13-7-4-5-11-9(6-7)8-2-1-3-10(14)12(8)15-11/h4-6,10,15H,1-3,14H2. The molecule has 1 unspecified atom stereocenters. The van der Waals surface area contributed by atoms with E-state index in [-0.39, 0.29) is 6.04 Å². The minimum absolute atomic E-state index is 0.207. The van der Waals surface area contributed by atoms with Gasteiger partial charge >= 0.3 is 0 Å². The molecule has 1 aliphatic rings. The molecule has 2 nitrogen and oxygen atoms in total. The summed E-state index contributed by atoms with van der Waals surface area (Å²) in [5.74, 6) is 0. The Morgan fingerprint density at radius 1 is 1.40 bits per heavy atom. The summed E-state index contributed by atoms with van der Waals surface area (Å²) in [5, 5.41) is 1.37. The van der Waals surface area contributed by atoms with Crippen molar-refractivity contribution in [2.24, 2.45) is 5.73 Å². The first-order chi connectivity index (χ1) is 7.25. The fourth-order valence-electron chi connectivity index (χ4n) is 2.47. The number of H-pyrrole nitrogens is 1. The Bertz CT molecular complexity index is 516. The zero-order valence-corrected chi connectivity index (χ0v) is 10.5. The molecule has 3 N–H and O–H groups in total. The third-order valence-corrected chi connectivity index (χ3v) is 3.88. The van der Waals surface area contributed by atoms with Crippen LogP contribution >= 0.6 is 22.6 Å². The summed E-state index contributed by atoms with van der Waals surface area (Å²) in [6.45, 7) is 0. The van der Waals surface area contributed by atoms with Crippen LogP contribution < -0.4 is 5.73 Å². The monoisotopic (exact) mass is 312 g/mol. The van der Waals surface area contributed by atoms with Crippen molar-refractivity contribution in [1.82, 2.24) is 4.98 Å². The number of nitrogens with two attached hydrogens (primary N) is 1. The molecule has 1 aromatic heterocycles. The van der Waals surface area contributed by atoms with Crippen LogP contribution in [0.3, 0.4) is 0 Å². The van der Waals surface area contributed by atoms with E-state index in [0.717, 1.165) is 6.42 Å². The van der Waals surface area contributed by atoms with Crippen molar-refractivity contribution < 1.29 is 0 Å². The zero-order chi connectivity index (χ0) is 10.4. The van der Waals surface area contributed by atoms with Crippen LogP contribution in [0.1, 0.15) is 30.1 Å². The van der Waals surface area contributed by atoms with E-state index in [9.17, 15) is 0 Å². The molecule has 1 aliphatic carbocycles. The van der Waals surface area contributed by atoms with Gasteiger partial charge in [0.1, 0.15) is 0 Å². The van der Waals surface area contributed by atoms with Crippen LogP contribution in [0.5, 0.6) is 0 Å². The van der Waals surface area contributed by atoms with E-state index in [4.69, 9.17) is 5.73 Å². The Labute approximate surface area is 102 Å². The van der Waals surface area contributed by atoms with Crippen LogP contribution in [0.15, 0.2) is 18.2 Å². The number of benzene rings is 1. The van der Waals surface area contributed by atoms with Gasteiger partial charge in [0.05, 0.1) is 0 Å². The molecule has 0 spiro atoms. The number of hydrogen-bond donors (Lipinski definition) is 2. The minimum Gasteiger partial charge on any atom is -0.357 e. The zero-order valence-electron chi connectivity index (χ0n) is 8.39. The Morgan fingerprint density at radius 3 is 3.13 bits per heavy atom. The van der Waals surface area contributed by atoms with Gasteiger partial charge in [-0.05, 0) is 65.6 Å². The van der Waals surface area contributed by atoms with E-state index in [1.807, 2.05) is 0 Å². The number of aryl methyl sites for hydroxylation is 1. The van der Waals surface area contributed by atoms with E-state index >= 15 is 0 Å². The van der Waals surface area contributed by atoms with Crippen LogP contribution in [-0.2, 0) is 6.42 Å². The number of aromatic amines is 1. The average molecular weight is 312 g/mol. The van der Waals surface area contributed by atoms with Gasteiger partial charge in [0.2, 0.25) is 0 Å². The number of halogens is 1. The molecule has 0 radical (unpaired) electrons. The summed E-state index contributed by atoms with van der Waals surface area (Å²) in [7, 11) is 0. The van der Waals surface area contributed by atoms with Gasteiger partial charge in [0.25, 0.3) is 0 Å². The summed E-state index contributed by atoms with van der Waals surface area (Å²) >= 11 is 2.36. The first-order valence-electron chi connectivity index (χ1n) is 5.31. The predicted octanol–water partition coefficient (Wildman–Crippen LogP) is 3.11. The maximum atomic E-state index is 6.12. The maximum Gasteiger partial charge on any atom is 0.0460 e. The number of nitrogens with one attached hydrogen (secondary N) is 1. The number of aromatic nitrogens is 1. The lowest BCUT2D eigenvalue weighted by Crippen LogP contribution is -2.16. The van der Waals surface area contributed by atoms with Crippen molar-refractivity contribution in [2.75, 3.05) is 0 Å². The third-order valence-electron chi connectivity index (χ3n) is 3.21. The molecule has 0 bridgehead atoms. The van der Waals surface area contributed by atoms with Crippen LogP contribution in [0.4, 0.5) is 0 Å². The highest BCUT2D eigenvalue weighted by Crippen LogP contribution is 2.33. The van der Waals surface area contributed by atoms with Gasteiger partial charge in [0.15, 0.2) is 0 Å². The maximum absolute atomic E-state index is 6.12. The normalized spacial score (nSPS) is 20.5. The molecule has 0 saturated carbocycles. The lowest BCUT2D eigenvalue weighted by Gasteiger charge is -2.18. The summed E-state index contributed by atoms with van der Waals surface area (Å²) in [6, 6.07) is 6.75. The molecule has 78 valence electrons. The summed E-state index contributed by atoms with van der Waals surface area (Å²) in [4.78, 5) is 3.46. The fourth-order valence-corrected chi connectivity index (χ4v) is 2.96. The Kier molecular flexibility index (Phi) is 2.25. The largest absolute Gasteiger partial charge is 0.357 e. The van der Waals surface area contributed by atoms with Crippen LogP contribution in [0.25, 0.3) is 10.9 Å². The molecule has 1 atom stereocenters. The van der Waals surface area contributed by atoms with Gasteiger partial charge in [-0.15, -0.1) is 0 Å². The lowest BCUT2D eigenvalue weighted by atomic mass is 9.92. The van der Waals surface area contributed by atoms with Gasteiger partial charge in [-0.25, -0.2) is 0 Å². The van der Waals surface area contributed by atoms with Crippen LogP contribution in [-0.4, -0.2) is 4.98 Å². The molecule has 1 heterocycles. The number of fused-ring (bicyclic) bond motifs is 3. The second-order valence-corrected chi connectivity index (χ2v) is 5.45. The van der Waals surface area contributed by atoms with Crippen LogP contribution in [0, 0.1) is 3.57 Å². The van der Waals surface area contributed by atoms with E-state index in [2.05, 4.69) is 45.8 Å². The van der Waals surface area contributed by atoms with Crippen molar-refractivity contribution in [2.45, 2.75) is 25.3 Å². The van der Waals surface area contributed by atoms with Gasteiger partial charge in [-0.3, -0.25) is 0 Å². The fraction of sp³-hybridized carbons (Fsp3) is 0.333. The van der Waals surface area contributed by atoms with E-state index in [1.54, 1.807) is 0 Å². The lowest BCUT2D eigenvalue weighted by molar-refractivity contribution is 0.562. The van der Waals surface area contributed by atoms with Crippen molar-refractivity contribution >= 4 is 33.5 Å². The Morgan fingerprint density at radius 2 is 2.27 bits per heavy atom. The molecule has 3 rings (SSSR count). The summed E-state index contributed by atoms with van der Waals surface area (Å²) < 4.78 is 1.29. The molecular weight excluding hydrogens is 299 g/mol. The van der Waals surface area contributed by atoms with Crippen LogP contribution in [0.2, 0.25) is 0 Å². The van der Waals surface area contributed by atoms with E-state index in [0.29, 0.717) is 0 Å². The number of hydrogen-bond acceptors (Lipinski definition) is 1. The predicted molar refractivity (Wildman–Crippen MR) is 70.9 cm³/mol. The quantitative estimate of drug-likeness (QED) is 0.721. The average Bonchev–Trinajstić information content (AvgIpc) is 2.58.